The number of aliphatic hydroxyl groups excluding tert-OH is 1. The van der Waals surface area contributed by atoms with Crippen molar-refractivity contribution < 1.29 is 28.8 Å². The summed E-state index contributed by atoms with van der Waals surface area (Å²) in [5.41, 5.74) is 0.364. The van der Waals surface area contributed by atoms with Crippen LogP contribution in [0.2, 0.25) is 0 Å². The van der Waals surface area contributed by atoms with E-state index in [1.165, 1.54) is 0 Å². The van der Waals surface area contributed by atoms with E-state index in [1.807, 2.05) is 30.3 Å². The fraction of sp³-hybridized carbons (Fsp3) is 0.350. The van der Waals surface area contributed by atoms with Crippen molar-refractivity contribution in [2.45, 2.75) is 20.1 Å². The Kier molecular flexibility index (Phi) is 7.44. The van der Waals surface area contributed by atoms with Crippen molar-refractivity contribution in [3.8, 4) is 11.5 Å². The number of carbonyl (C=O) groups excluding carboxylic acids is 1. The quantitative estimate of drug-likeness (QED) is 0.304. The molecule has 0 aliphatic heterocycles. The summed E-state index contributed by atoms with van der Waals surface area (Å²) in [5.74, 6) is 0.880. The Morgan fingerprint density at radius 2 is 1.65 bits per heavy atom. The van der Waals surface area contributed by atoms with Crippen LogP contribution in [0.3, 0.4) is 0 Å². The average Bonchev–Trinajstić information content (AvgIpc) is 2.60. The first-order valence-electron chi connectivity index (χ1n) is 8.38. The fourth-order valence-corrected chi connectivity index (χ4v) is 2.29. The smallest absolute Gasteiger partial charge is 0.333 e. The van der Waals surface area contributed by atoms with Gasteiger partial charge in [-0.2, -0.15) is 0 Å². The Hall–Kier alpha value is -2.57. The maximum absolute atomic E-state index is 11.2. The van der Waals surface area contributed by atoms with E-state index in [0.717, 1.165) is 10.8 Å². The molecule has 0 fully saturated rings. The summed E-state index contributed by atoms with van der Waals surface area (Å²) >= 11 is 0. The predicted octanol–water partition coefficient (Wildman–Crippen LogP) is 3.07. The maximum atomic E-state index is 11.2. The molecule has 0 heterocycles. The zero-order valence-corrected chi connectivity index (χ0v) is 15.1. The lowest BCUT2D eigenvalue weighted by atomic mass is 10.1. The molecule has 26 heavy (non-hydrogen) atoms. The van der Waals surface area contributed by atoms with Crippen LogP contribution in [0, 0.1) is 0 Å². The van der Waals surface area contributed by atoms with Gasteiger partial charge in [0.05, 0.1) is 13.2 Å². The van der Waals surface area contributed by atoms with Gasteiger partial charge in [0, 0.05) is 16.3 Å². The summed E-state index contributed by atoms with van der Waals surface area (Å²) in [6.45, 7) is 7.86. The predicted molar refractivity (Wildman–Crippen MR) is 98.3 cm³/mol. The van der Waals surface area contributed by atoms with Crippen LogP contribution in [-0.4, -0.2) is 43.8 Å². The molecule has 0 aliphatic rings. The second kappa shape index (κ2) is 9.79. The summed E-state index contributed by atoms with van der Waals surface area (Å²) in [7, 11) is 0. The standard InChI is InChI=1S/C20H24O6/c1-14(2)20(22)25-13-11-23-10-12-24-18-8-4-7-17-16(18)6-5-9-19(17)26-15(3)21/h4-9,15,21H,1,10-13H2,2-3H3. The van der Waals surface area contributed by atoms with E-state index in [1.54, 1.807) is 19.9 Å². The van der Waals surface area contributed by atoms with E-state index >= 15 is 0 Å². The molecular formula is C20H24O6. The van der Waals surface area contributed by atoms with Crippen molar-refractivity contribution in [2.24, 2.45) is 0 Å². The number of hydrogen-bond acceptors (Lipinski definition) is 6. The highest BCUT2D eigenvalue weighted by atomic mass is 16.6. The normalized spacial score (nSPS) is 11.8. The summed E-state index contributed by atoms with van der Waals surface area (Å²) in [4.78, 5) is 11.2. The fourth-order valence-electron chi connectivity index (χ4n) is 2.29. The zero-order chi connectivity index (χ0) is 18.9. The van der Waals surface area contributed by atoms with Gasteiger partial charge >= 0.3 is 5.97 Å². The van der Waals surface area contributed by atoms with Crippen molar-refractivity contribution in [1.29, 1.82) is 0 Å². The number of benzene rings is 2. The maximum Gasteiger partial charge on any atom is 0.333 e. The van der Waals surface area contributed by atoms with Gasteiger partial charge in [0.2, 0.25) is 0 Å². The van der Waals surface area contributed by atoms with Gasteiger partial charge in [-0.1, -0.05) is 30.8 Å². The Morgan fingerprint density at radius 3 is 2.31 bits per heavy atom. The molecule has 2 rings (SSSR count). The van der Waals surface area contributed by atoms with Crippen molar-refractivity contribution in [1.82, 2.24) is 0 Å². The van der Waals surface area contributed by atoms with Crippen LogP contribution in [0.5, 0.6) is 11.5 Å². The van der Waals surface area contributed by atoms with E-state index in [9.17, 15) is 9.90 Å². The molecular weight excluding hydrogens is 336 g/mol. The van der Waals surface area contributed by atoms with E-state index in [0.29, 0.717) is 36.9 Å². The van der Waals surface area contributed by atoms with Gasteiger partial charge < -0.3 is 24.1 Å². The third kappa shape index (κ3) is 5.75. The highest BCUT2D eigenvalue weighted by Crippen LogP contribution is 2.32. The van der Waals surface area contributed by atoms with Gasteiger partial charge in [0.15, 0.2) is 6.29 Å². The summed E-state index contributed by atoms with van der Waals surface area (Å²) in [6.07, 6.45) is -0.891. The number of rotatable bonds is 10. The van der Waals surface area contributed by atoms with Gasteiger partial charge in [-0.25, -0.2) is 4.79 Å². The molecule has 0 aromatic heterocycles. The molecule has 0 saturated carbocycles. The average molecular weight is 360 g/mol. The molecule has 0 spiro atoms. The Labute approximate surface area is 152 Å². The minimum Gasteiger partial charge on any atom is -0.491 e. The van der Waals surface area contributed by atoms with E-state index in [4.69, 9.17) is 18.9 Å². The van der Waals surface area contributed by atoms with E-state index < -0.39 is 12.3 Å². The molecule has 0 radical (unpaired) electrons. The zero-order valence-electron chi connectivity index (χ0n) is 15.1. The van der Waals surface area contributed by atoms with Gasteiger partial charge in [0.1, 0.15) is 24.7 Å². The number of aliphatic hydroxyl groups is 1. The molecule has 140 valence electrons. The third-order valence-corrected chi connectivity index (χ3v) is 3.43. The van der Waals surface area contributed by atoms with Crippen molar-refractivity contribution in [3.63, 3.8) is 0 Å². The first-order valence-corrected chi connectivity index (χ1v) is 8.38. The first kappa shape index (κ1) is 19.8. The van der Waals surface area contributed by atoms with Crippen molar-refractivity contribution in [2.75, 3.05) is 26.4 Å². The SMILES string of the molecule is C=C(C)C(=O)OCCOCCOc1cccc2c(OC(C)O)cccc12. The van der Waals surface area contributed by atoms with Crippen LogP contribution >= 0.6 is 0 Å². The monoisotopic (exact) mass is 360 g/mol. The molecule has 1 atom stereocenters. The molecule has 6 nitrogen and oxygen atoms in total. The second-order valence-electron chi connectivity index (χ2n) is 5.70. The lowest BCUT2D eigenvalue weighted by Crippen LogP contribution is -2.14. The molecule has 1 N–H and O–H groups in total. The topological polar surface area (TPSA) is 74.2 Å². The van der Waals surface area contributed by atoms with Crippen LogP contribution in [0.4, 0.5) is 0 Å². The summed E-state index contributed by atoms with van der Waals surface area (Å²) in [5, 5.41) is 11.2. The van der Waals surface area contributed by atoms with E-state index in [2.05, 4.69) is 6.58 Å². The Bertz CT molecular complexity index is 753. The summed E-state index contributed by atoms with van der Waals surface area (Å²) in [6, 6.07) is 11.2. The van der Waals surface area contributed by atoms with Gasteiger partial charge in [-0.05, 0) is 26.0 Å². The van der Waals surface area contributed by atoms with Crippen molar-refractivity contribution in [3.05, 3.63) is 48.6 Å². The number of ether oxygens (including phenoxy) is 4. The summed E-state index contributed by atoms with van der Waals surface area (Å²) < 4.78 is 21.5. The lowest BCUT2D eigenvalue weighted by Gasteiger charge is -2.14. The van der Waals surface area contributed by atoms with Crippen molar-refractivity contribution >= 4 is 16.7 Å². The number of hydrogen-bond donors (Lipinski definition) is 1. The van der Waals surface area contributed by atoms with Crippen LogP contribution in [0.15, 0.2) is 48.6 Å². The molecule has 6 heteroatoms. The van der Waals surface area contributed by atoms with Gasteiger partial charge in [-0.15, -0.1) is 0 Å². The van der Waals surface area contributed by atoms with Crippen LogP contribution in [0.25, 0.3) is 10.8 Å². The molecule has 2 aromatic rings. The largest absolute Gasteiger partial charge is 0.491 e. The first-order chi connectivity index (χ1) is 12.5. The Balaban J connectivity index is 1.84. The Morgan fingerprint density at radius 1 is 1.04 bits per heavy atom. The second-order valence-corrected chi connectivity index (χ2v) is 5.70. The van der Waals surface area contributed by atoms with Gasteiger partial charge in [-0.3, -0.25) is 0 Å². The van der Waals surface area contributed by atoms with E-state index in [-0.39, 0.29) is 6.61 Å². The molecule has 0 amide bonds. The molecule has 0 bridgehead atoms. The minimum absolute atomic E-state index is 0.181. The third-order valence-electron chi connectivity index (χ3n) is 3.43. The molecule has 1 unspecified atom stereocenters. The molecule has 0 aliphatic carbocycles. The number of fused-ring (bicyclic) bond motifs is 1. The molecule has 2 aromatic carbocycles. The highest BCUT2D eigenvalue weighted by molar-refractivity contribution is 5.93. The molecule has 0 saturated heterocycles. The highest BCUT2D eigenvalue weighted by Gasteiger charge is 2.08. The minimum atomic E-state index is -0.891. The van der Waals surface area contributed by atoms with Crippen LogP contribution in [-0.2, 0) is 14.3 Å². The number of esters is 1. The van der Waals surface area contributed by atoms with Gasteiger partial charge in [0.25, 0.3) is 0 Å². The van der Waals surface area contributed by atoms with Crippen LogP contribution < -0.4 is 9.47 Å². The lowest BCUT2D eigenvalue weighted by molar-refractivity contribution is -0.140. The number of carbonyl (C=O) groups is 1. The van der Waals surface area contributed by atoms with Crippen LogP contribution in [0.1, 0.15) is 13.8 Å².